The van der Waals surface area contributed by atoms with Crippen molar-refractivity contribution < 1.29 is 19.1 Å². The lowest BCUT2D eigenvalue weighted by Crippen LogP contribution is -2.42. The van der Waals surface area contributed by atoms with Crippen LogP contribution in [0.25, 0.3) is 0 Å². The van der Waals surface area contributed by atoms with Gasteiger partial charge in [0.1, 0.15) is 13.2 Å². The summed E-state index contributed by atoms with van der Waals surface area (Å²) in [6.07, 6.45) is 7.03. The van der Waals surface area contributed by atoms with E-state index in [1.807, 2.05) is 12.1 Å². The van der Waals surface area contributed by atoms with E-state index in [1.165, 1.54) is 0 Å². The van der Waals surface area contributed by atoms with Crippen LogP contribution < -0.4 is 20.1 Å². The number of hydrogen-bond acceptors (Lipinski definition) is 4. The van der Waals surface area contributed by atoms with E-state index in [4.69, 9.17) is 9.47 Å². The van der Waals surface area contributed by atoms with Crippen LogP contribution in [0.4, 0.5) is 5.69 Å². The van der Waals surface area contributed by atoms with Crippen LogP contribution in [0.2, 0.25) is 0 Å². The minimum atomic E-state index is -0.607. The zero-order valence-corrected chi connectivity index (χ0v) is 15.0. The molecule has 1 aliphatic heterocycles. The van der Waals surface area contributed by atoms with Crippen molar-refractivity contribution in [2.75, 3.05) is 18.5 Å². The first-order chi connectivity index (χ1) is 12.6. The van der Waals surface area contributed by atoms with Crippen molar-refractivity contribution in [3.8, 4) is 11.5 Å². The van der Waals surface area contributed by atoms with E-state index in [1.54, 1.807) is 6.07 Å². The molecule has 0 radical (unpaired) electrons. The van der Waals surface area contributed by atoms with E-state index in [-0.39, 0.29) is 18.2 Å². The Hall–Kier alpha value is -2.24. The number of fused-ring (bicyclic) bond motifs is 1. The summed E-state index contributed by atoms with van der Waals surface area (Å²) in [5.74, 6) is 1.30. The van der Waals surface area contributed by atoms with Crippen LogP contribution >= 0.6 is 0 Å². The van der Waals surface area contributed by atoms with Gasteiger partial charge in [0.15, 0.2) is 11.5 Å². The molecule has 0 unspecified atom stereocenters. The highest BCUT2D eigenvalue weighted by Gasteiger charge is 2.42. The van der Waals surface area contributed by atoms with E-state index in [2.05, 4.69) is 10.6 Å². The average Bonchev–Trinajstić information content (AvgIpc) is 3.46. The second-order valence-corrected chi connectivity index (χ2v) is 7.67. The van der Waals surface area contributed by atoms with Gasteiger partial charge in [0, 0.05) is 24.2 Å². The van der Waals surface area contributed by atoms with E-state index in [0.29, 0.717) is 36.4 Å². The molecule has 26 heavy (non-hydrogen) atoms. The molecule has 1 aromatic carbocycles. The zero-order chi connectivity index (χ0) is 18.0. The van der Waals surface area contributed by atoms with Gasteiger partial charge in [-0.3, -0.25) is 9.59 Å². The molecule has 6 nitrogen and oxygen atoms in total. The Labute approximate surface area is 153 Å². The standard InChI is InChI=1S/C20H26N2O4/c23-18(21-14-4-5-14)13-20(8-2-1-3-9-20)19(24)22-15-6-7-16-17(12-15)26-11-10-25-16/h6-7,12,14H,1-5,8-11,13H2,(H,21,23)(H,22,24). The molecule has 2 fully saturated rings. The second kappa shape index (κ2) is 7.17. The zero-order valence-electron chi connectivity index (χ0n) is 15.0. The van der Waals surface area contributed by atoms with Gasteiger partial charge in [-0.15, -0.1) is 0 Å². The third-order valence-electron chi connectivity index (χ3n) is 5.53. The molecule has 140 valence electrons. The van der Waals surface area contributed by atoms with Gasteiger partial charge >= 0.3 is 0 Å². The number of carbonyl (C=O) groups excluding carboxylic acids is 2. The average molecular weight is 358 g/mol. The molecule has 6 heteroatoms. The SMILES string of the molecule is O=C(CC1(C(=O)Nc2ccc3c(c2)OCCO3)CCCCC1)NC1CC1. The molecule has 1 heterocycles. The van der Waals surface area contributed by atoms with Crippen LogP contribution in [0.5, 0.6) is 11.5 Å². The summed E-state index contributed by atoms with van der Waals surface area (Å²) in [4.78, 5) is 25.5. The molecule has 1 aromatic rings. The number of amides is 2. The Morgan fingerprint density at radius 1 is 1.04 bits per heavy atom. The summed E-state index contributed by atoms with van der Waals surface area (Å²) in [6.45, 7) is 1.05. The minimum Gasteiger partial charge on any atom is -0.486 e. The summed E-state index contributed by atoms with van der Waals surface area (Å²) in [5.41, 5.74) is 0.0802. The molecule has 0 saturated heterocycles. The monoisotopic (exact) mass is 358 g/mol. The normalized spacial score (nSPS) is 20.9. The molecule has 2 amide bonds. The Morgan fingerprint density at radius 2 is 1.77 bits per heavy atom. The third-order valence-corrected chi connectivity index (χ3v) is 5.53. The highest BCUT2D eigenvalue weighted by Crippen LogP contribution is 2.41. The lowest BCUT2D eigenvalue weighted by molar-refractivity contribution is -0.134. The van der Waals surface area contributed by atoms with Crippen LogP contribution in [-0.4, -0.2) is 31.1 Å². The first-order valence-corrected chi connectivity index (χ1v) is 9.65. The minimum absolute atomic E-state index is 0.00623. The van der Waals surface area contributed by atoms with Crippen LogP contribution in [0, 0.1) is 5.41 Å². The van der Waals surface area contributed by atoms with Gasteiger partial charge in [-0.1, -0.05) is 19.3 Å². The molecule has 0 bridgehead atoms. The fourth-order valence-electron chi connectivity index (χ4n) is 3.91. The van der Waals surface area contributed by atoms with Crippen molar-refractivity contribution in [2.45, 2.75) is 57.4 Å². The van der Waals surface area contributed by atoms with Crippen LogP contribution in [0.15, 0.2) is 18.2 Å². The lowest BCUT2D eigenvalue weighted by atomic mass is 9.70. The van der Waals surface area contributed by atoms with Crippen LogP contribution in [0.1, 0.15) is 51.4 Å². The smallest absolute Gasteiger partial charge is 0.231 e. The number of hydrogen-bond donors (Lipinski definition) is 2. The molecule has 0 aromatic heterocycles. The Bertz CT molecular complexity index is 693. The Kier molecular flexibility index (Phi) is 4.74. The van der Waals surface area contributed by atoms with E-state index in [9.17, 15) is 9.59 Å². The summed E-state index contributed by atoms with van der Waals surface area (Å²) in [6, 6.07) is 5.76. The van der Waals surface area contributed by atoms with Gasteiger partial charge in [-0.2, -0.15) is 0 Å². The summed E-state index contributed by atoms with van der Waals surface area (Å²) >= 11 is 0. The lowest BCUT2D eigenvalue weighted by Gasteiger charge is -2.35. The quantitative estimate of drug-likeness (QED) is 0.848. The molecule has 2 N–H and O–H groups in total. The first-order valence-electron chi connectivity index (χ1n) is 9.65. The van der Waals surface area contributed by atoms with Gasteiger partial charge in [-0.25, -0.2) is 0 Å². The largest absolute Gasteiger partial charge is 0.486 e. The van der Waals surface area contributed by atoms with Crippen LogP contribution in [0.3, 0.4) is 0 Å². The fraction of sp³-hybridized carbons (Fsp3) is 0.600. The molecule has 2 aliphatic carbocycles. The maximum atomic E-state index is 13.1. The van der Waals surface area contributed by atoms with Crippen LogP contribution in [-0.2, 0) is 9.59 Å². The topological polar surface area (TPSA) is 76.7 Å². The number of anilines is 1. The van der Waals surface area contributed by atoms with Gasteiger partial charge in [0.25, 0.3) is 0 Å². The number of nitrogens with one attached hydrogen (secondary N) is 2. The van der Waals surface area contributed by atoms with Crippen molar-refractivity contribution in [2.24, 2.45) is 5.41 Å². The van der Waals surface area contributed by atoms with Gasteiger partial charge in [0.2, 0.25) is 11.8 Å². The number of carbonyl (C=O) groups is 2. The first kappa shape index (κ1) is 17.2. The maximum absolute atomic E-state index is 13.1. The fourth-order valence-corrected chi connectivity index (χ4v) is 3.91. The molecule has 2 saturated carbocycles. The molecular formula is C20H26N2O4. The predicted molar refractivity (Wildman–Crippen MR) is 97.4 cm³/mol. The molecule has 0 spiro atoms. The van der Waals surface area contributed by atoms with Gasteiger partial charge in [-0.05, 0) is 37.8 Å². The maximum Gasteiger partial charge on any atom is 0.231 e. The van der Waals surface area contributed by atoms with E-state index >= 15 is 0 Å². The number of ether oxygens (including phenoxy) is 2. The summed E-state index contributed by atoms with van der Waals surface area (Å²) in [7, 11) is 0. The van der Waals surface area contributed by atoms with E-state index in [0.717, 1.165) is 44.9 Å². The van der Waals surface area contributed by atoms with Gasteiger partial charge < -0.3 is 20.1 Å². The highest BCUT2D eigenvalue weighted by molar-refractivity contribution is 5.98. The molecule has 4 rings (SSSR count). The van der Waals surface area contributed by atoms with Crippen molar-refractivity contribution in [1.82, 2.24) is 5.32 Å². The number of rotatable bonds is 5. The van der Waals surface area contributed by atoms with Crippen molar-refractivity contribution in [3.05, 3.63) is 18.2 Å². The third kappa shape index (κ3) is 3.79. The van der Waals surface area contributed by atoms with Crippen molar-refractivity contribution in [3.63, 3.8) is 0 Å². The molecule has 0 atom stereocenters. The van der Waals surface area contributed by atoms with E-state index < -0.39 is 5.41 Å². The van der Waals surface area contributed by atoms with Crippen molar-refractivity contribution in [1.29, 1.82) is 0 Å². The summed E-state index contributed by atoms with van der Waals surface area (Å²) in [5, 5.41) is 6.05. The predicted octanol–water partition coefficient (Wildman–Crippen LogP) is 3.02. The highest BCUT2D eigenvalue weighted by atomic mass is 16.6. The van der Waals surface area contributed by atoms with Crippen molar-refractivity contribution >= 4 is 17.5 Å². The van der Waals surface area contributed by atoms with Gasteiger partial charge in [0.05, 0.1) is 5.41 Å². The Balaban J connectivity index is 1.47. The Morgan fingerprint density at radius 3 is 2.50 bits per heavy atom. The second-order valence-electron chi connectivity index (χ2n) is 7.67. The summed E-state index contributed by atoms with van der Waals surface area (Å²) < 4.78 is 11.1. The number of benzene rings is 1. The molecule has 3 aliphatic rings. The molecular weight excluding hydrogens is 332 g/mol.